The van der Waals surface area contributed by atoms with E-state index < -0.39 is 0 Å². The maximum Gasteiger partial charge on any atom is 0.319 e. The first-order valence-corrected chi connectivity index (χ1v) is 6.43. The fraction of sp³-hybridized carbons (Fsp3) is 0.500. The van der Waals surface area contributed by atoms with Gasteiger partial charge in [0.2, 0.25) is 0 Å². The molecular weight excluding hydrogens is 242 g/mol. The third kappa shape index (κ3) is 6.22. The second-order valence-electron chi connectivity index (χ2n) is 4.95. The van der Waals surface area contributed by atoms with Crippen LogP contribution in [0, 0.1) is 0 Å². The molecule has 0 fully saturated rings. The van der Waals surface area contributed by atoms with Gasteiger partial charge in [0.15, 0.2) is 0 Å². The number of hydrogen-bond acceptors (Lipinski definition) is 3. The Kier molecular flexibility index (Phi) is 6.32. The number of rotatable bonds is 6. The highest BCUT2D eigenvalue weighted by Crippen LogP contribution is 2.11. The summed E-state index contributed by atoms with van der Waals surface area (Å²) >= 11 is 0. The van der Waals surface area contributed by atoms with Crippen LogP contribution in [-0.2, 0) is 6.54 Å². The van der Waals surface area contributed by atoms with Crippen LogP contribution in [-0.4, -0.2) is 42.8 Å². The van der Waals surface area contributed by atoms with Gasteiger partial charge in [-0.25, -0.2) is 4.79 Å². The Bertz CT molecular complexity index is 407. The number of carbonyl (C=O) groups excluding carboxylic acids is 1. The van der Waals surface area contributed by atoms with E-state index in [9.17, 15) is 4.79 Å². The number of carbonyl (C=O) groups is 1. The molecule has 1 rings (SSSR count). The molecule has 1 atom stereocenters. The molecule has 106 valence electrons. The average molecular weight is 265 g/mol. The Morgan fingerprint density at radius 3 is 2.79 bits per heavy atom. The molecule has 0 aromatic heterocycles. The molecule has 0 heterocycles. The predicted molar refractivity (Wildman–Crippen MR) is 77.2 cm³/mol. The molecule has 0 aliphatic carbocycles. The summed E-state index contributed by atoms with van der Waals surface area (Å²) < 4.78 is 0. The largest absolute Gasteiger partial charge is 0.396 e. The second kappa shape index (κ2) is 7.76. The molecule has 1 aromatic carbocycles. The van der Waals surface area contributed by atoms with Crippen LogP contribution in [0.3, 0.4) is 0 Å². The zero-order valence-electron chi connectivity index (χ0n) is 11.8. The Morgan fingerprint density at radius 1 is 1.42 bits per heavy atom. The van der Waals surface area contributed by atoms with E-state index in [1.54, 1.807) is 0 Å². The zero-order chi connectivity index (χ0) is 14.3. The maximum absolute atomic E-state index is 11.7. The average Bonchev–Trinajstić information content (AvgIpc) is 2.28. The second-order valence-corrected chi connectivity index (χ2v) is 4.95. The van der Waals surface area contributed by atoms with Crippen LogP contribution in [0.1, 0.15) is 18.9 Å². The fourth-order valence-electron chi connectivity index (χ4n) is 1.77. The van der Waals surface area contributed by atoms with E-state index in [-0.39, 0.29) is 18.7 Å². The molecule has 0 unspecified atom stereocenters. The van der Waals surface area contributed by atoms with Crippen molar-refractivity contribution in [3.8, 4) is 0 Å². The number of benzene rings is 1. The van der Waals surface area contributed by atoms with Crippen molar-refractivity contribution in [1.29, 1.82) is 0 Å². The van der Waals surface area contributed by atoms with Gasteiger partial charge in [0.1, 0.15) is 0 Å². The minimum atomic E-state index is -0.247. The van der Waals surface area contributed by atoms with Crippen LogP contribution in [0.2, 0.25) is 0 Å². The van der Waals surface area contributed by atoms with Crippen LogP contribution in [0.5, 0.6) is 0 Å². The number of aliphatic hydroxyl groups excluding tert-OH is 1. The molecule has 0 saturated heterocycles. The van der Waals surface area contributed by atoms with Crippen molar-refractivity contribution in [3.05, 3.63) is 29.8 Å². The zero-order valence-corrected chi connectivity index (χ0v) is 11.8. The normalized spacial score (nSPS) is 12.3. The summed E-state index contributed by atoms with van der Waals surface area (Å²) in [4.78, 5) is 13.8. The van der Waals surface area contributed by atoms with Crippen LogP contribution in [0.15, 0.2) is 24.3 Å². The summed E-state index contributed by atoms with van der Waals surface area (Å²) in [7, 11) is 4.01. The van der Waals surface area contributed by atoms with Crippen molar-refractivity contribution >= 4 is 11.7 Å². The molecule has 0 aliphatic rings. The highest BCUT2D eigenvalue weighted by atomic mass is 16.3. The van der Waals surface area contributed by atoms with E-state index in [0.29, 0.717) is 6.42 Å². The number of amides is 2. The van der Waals surface area contributed by atoms with Gasteiger partial charge in [0.05, 0.1) is 0 Å². The fourth-order valence-corrected chi connectivity index (χ4v) is 1.77. The number of aliphatic hydroxyl groups is 1. The van der Waals surface area contributed by atoms with Crippen LogP contribution in [0.4, 0.5) is 10.5 Å². The molecule has 0 saturated carbocycles. The van der Waals surface area contributed by atoms with E-state index >= 15 is 0 Å². The third-order valence-corrected chi connectivity index (χ3v) is 2.62. The first-order valence-electron chi connectivity index (χ1n) is 6.43. The van der Waals surface area contributed by atoms with Gasteiger partial charge in [-0.15, -0.1) is 0 Å². The summed E-state index contributed by atoms with van der Waals surface area (Å²) in [6, 6.07) is 7.47. The summed E-state index contributed by atoms with van der Waals surface area (Å²) in [6.45, 7) is 2.76. The monoisotopic (exact) mass is 265 g/mol. The van der Waals surface area contributed by atoms with Crippen LogP contribution < -0.4 is 10.6 Å². The number of nitrogens with one attached hydrogen (secondary N) is 2. The van der Waals surface area contributed by atoms with Gasteiger partial charge in [0, 0.05) is 24.9 Å². The number of anilines is 1. The standard InChI is InChI=1S/C14H23N3O2/c1-11(7-8-18)15-14(19)16-13-6-4-5-12(9-13)10-17(2)3/h4-6,9,11,18H,7-8,10H2,1-3H3,(H2,15,16,19)/t11-/m1/s1. The minimum Gasteiger partial charge on any atom is -0.396 e. The third-order valence-electron chi connectivity index (χ3n) is 2.62. The smallest absolute Gasteiger partial charge is 0.319 e. The van der Waals surface area contributed by atoms with Gasteiger partial charge in [-0.3, -0.25) is 0 Å². The van der Waals surface area contributed by atoms with Gasteiger partial charge >= 0.3 is 6.03 Å². The lowest BCUT2D eigenvalue weighted by molar-refractivity contribution is 0.241. The van der Waals surface area contributed by atoms with Crippen LogP contribution in [0.25, 0.3) is 0 Å². The van der Waals surface area contributed by atoms with Gasteiger partial charge in [0.25, 0.3) is 0 Å². The topological polar surface area (TPSA) is 64.6 Å². The first-order chi connectivity index (χ1) is 9.01. The van der Waals surface area contributed by atoms with E-state index in [1.807, 2.05) is 45.3 Å². The van der Waals surface area contributed by atoms with Gasteiger partial charge < -0.3 is 20.6 Å². The van der Waals surface area contributed by atoms with Crippen LogP contribution >= 0.6 is 0 Å². The summed E-state index contributed by atoms with van der Waals surface area (Å²) in [6.07, 6.45) is 0.550. The van der Waals surface area contributed by atoms with E-state index in [4.69, 9.17) is 5.11 Å². The SMILES string of the molecule is C[C@H](CCO)NC(=O)Nc1cccc(CN(C)C)c1. The number of nitrogens with zero attached hydrogens (tertiary/aromatic N) is 1. The molecule has 1 aromatic rings. The van der Waals surface area contributed by atoms with Crippen molar-refractivity contribution in [2.45, 2.75) is 25.9 Å². The molecule has 0 bridgehead atoms. The molecule has 3 N–H and O–H groups in total. The highest BCUT2D eigenvalue weighted by Gasteiger charge is 2.07. The lowest BCUT2D eigenvalue weighted by atomic mass is 10.2. The molecule has 19 heavy (non-hydrogen) atoms. The quantitative estimate of drug-likeness (QED) is 0.732. The molecule has 5 heteroatoms. The Balaban J connectivity index is 2.54. The Morgan fingerprint density at radius 2 is 2.16 bits per heavy atom. The Labute approximate surface area is 114 Å². The van der Waals surface area contributed by atoms with Gasteiger partial charge in [-0.05, 0) is 45.1 Å². The van der Waals surface area contributed by atoms with Crippen molar-refractivity contribution in [2.75, 3.05) is 26.0 Å². The molecule has 0 radical (unpaired) electrons. The number of hydrogen-bond donors (Lipinski definition) is 3. The van der Waals surface area contributed by atoms with Crippen molar-refractivity contribution in [2.24, 2.45) is 0 Å². The van der Waals surface area contributed by atoms with Gasteiger partial charge in [-0.1, -0.05) is 12.1 Å². The molecular formula is C14H23N3O2. The van der Waals surface area contributed by atoms with E-state index in [0.717, 1.165) is 17.8 Å². The predicted octanol–water partition coefficient (Wildman–Crippen LogP) is 1.64. The summed E-state index contributed by atoms with van der Waals surface area (Å²) in [5, 5.41) is 14.3. The summed E-state index contributed by atoms with van der Waals surface area (Å²) in [5.41, 5.74) is 1.92. The highest BCUT2D eigenvalue weighted by molar-refractivity contribution is 5.89. The van der Waals surface area contributed by atoms with E-state index in [1.165, 1.54) is 0 Å². The maximum atomic E-state index is 11.7. The van der Waals surface area contributed by atoms with Crippen molar-refractivity contribution < 1.29 is 9.90 Å². The lowest BCUT2D eigenvalue weighted by Gasteiger charge is -2.14. The molecule has 5 nitrogen and oxygen atoms in total. The minimum absolute atomic E-state index is 0.0463. The van der Waals surface area contributed by atoms with E-state index in [2.05, 4.69) is 15.5 Å². The van der Waals surface area contributed by atoms with Crippen molar-refractivity contribution in [1.82, 2.24) is 10.2 Å². The number of urea groups is 1. The molecule has 2 amide bonds. The Hall–Kier alpha value is -1.59. The summed E-state index contributed by atoms with van der Waals surface area (Å²) in [5.74, 6) is 0. The van der Waals surface area contributed by atoms with Crippen molar-refractivity contribution in [3.63, 3.8) is 0 Å². The molecule has 0 aliphatic heterocycles. The lowest BCUT2D eigenvalue weighted by Crippen LogP contribution is -2.36. The van der Waals surface area contributed by atoms with Gasteiger partial charge in [-0.2, -0.15) is 0 Å². The molecule has 0 spiro atoms. The first kappa shape index (κ1) is 15.5.